The summed E-state index contributed by atoms with van der Waals surface area (Å²) in [6, 6.07) is 14.1. The van der Waals surface area contributed by atoms with Gasteiger partial charge in [0.05, 0.1) is 6.61 Å². The fourth-order valence-electron chi connectivity index (χ4n) is 3.71. The van der Waals surface area contributed by atoms with Crippen molar-refractivity contribution in [1.82, 2.24) is 0 Å². The van der Waals surface area contributed by atoms with E-state index in [1.54, 1.807) is 49.4 Å². The van der Waals surface area contributed by atoms with Crippen molar-refractivity contribution in [3.63, 3.8) is 0 Å². The van der Waals surface area contributed by atoms with E-state index >= 15 is 0 Å². The molecule has 1 aliphatic rings. The van der Waals surface area contributed by atoms with Crippen molar-refractivity contribution >= 4 is 33.7 Å². The lowest BCUT2D eigenvalue weighted by molar-refractivity contribution is -0.160. The van der Waals surface area contributed by atoms with Crippen molar-refractivity contribution in [3.05, 3.63) is 64.1 Å². The van der Waals surface area contributed by atoms with Crippen molar-refractivity contribution in [2.75, 3.05) is 6.61 Å². The van der Waals surface area contributed by atoms with Crippen LogP contribution in [-0.4, -0.2) is 24.3 Å². The Morgan fingerprint density at radius 3 is 2.50 bits per heavy atom. The van der Waals surface area contributed by atoms with Crippen LogP contribution in [0.3, 0.4) is 0 Å². The molecule has 0 radical (unpaired) electrons. The van der Waals surface area contributed by atoms with Gasteiger partial charge in [0.15, 0.2) is 11.7 Å². The van der Waals surface area contributed by atoms with Crippen LogP contribution in [0.2, 0.25) is 0 Å². The van der Waals surface area contributed by atoms with Gasteiger partial charge in [-0.25, -0.2) is 0 Å². The van der Waals surface area contributed by atoms with Gasteiger partial charge < -0.3 is 9.47 Å². The third-order valence-corrected chi connectivity index (χ3v) is 5.46. The van der Waals surface area contributed by atoms with Crippen molar-refractivity contribution in [2.24, 2.45) is 11.8 Å². The number of ether oxygens (including phenoxy) is 2. The minimum absolute atomic E-state index is 0.108. The molecule has 0 spiro atoms. The molecule has 1 aliphatic heterocycles. The molecule has 0 fully saturated rings. The van der Waals surface area contributed by atoms with Gasteiger partial charge in [-0.2, -0.15) is 0 Å². The van der Waals surface area contributed by atoms with Crippen LogP contribution < -0.4 is 4.74 Å². The number of hydrogen-bond acceptors (Lipinski definition) is 5. The highest BCUT2D eigenvalue weighted by Gasteiger charge is 2.48. The van der Waals surface area contributed by atoms with Gasteiger partial charge in [0, 0.05) is 27.4 Å². The summed E-state index contributed by atoms with van der Waals surface area (Å²) in [5.41, 5.74) is 1.20. The average Bonchev–Trinajstić information content (AvgIpc) is 2.69. The monoisotopic (exact) mass is 444 g/mol. The molecule has 0 bridgehead atoms. The van der Waals surface area contributed by atoms with Gasteiger partial charge in [-0.05, 0) is 31.5 Å². The smallest absolute Gasteiger partial charge is 0.326 e. The van der Waals surface area contributed by atoms with Crippen LogP contribution in [0.15, 0.2) is 53.0 Å². The number of carbonyl (C=O) groups excluding carboxylic acids is 3. The summed E-state index contributed by atoms with van der Waals surface area (Å²) in [4.78, 5) is 38.6. The predicted molar refractivity (Wildman–Crippen MR) is 107 cm³/mol. The Kier molecular flexibility index (Phi) is 6.29. The lowest BCUT2D eigenvalue weighted by Crippen LogP contribution is -2.43. The summed E-state index contributed by atoms with van der Waals surface area (Å²) < 4.78 is 11.3. The van der Waals surface area contributed by atoms with E-state index in [2.05, 4.69) is 15.9 Å². The molecule has 28 heavy (non-hydrogen) atoms. The number of Topliss-reactive ketones (excluding diaryl/α,β-unsaturated/α-hetero) is 1. The van der Waals surface area contributed by atoms with Gasteiger partial charge in [-0.1, -0.05) is 53.2 Å². The topological polar surface area (TPSA) is 69.7 Å². The molecule has 0 saturated heterocycles. The van der Waals surface area contributed by atoms with Gasteiger partial charge in [-0.3, -0.25) is 14.4 Å². The Bertz CT molecular complexity index is 893. The van der Waals surface area contributed by atoms with Crippen LogP contribution in [0.25, 0.3) is 0 Å². The molecule has 3 atom stereocenters. The Hall–Kier alpha value is -2.47. The van der Waals surface area contributed by atoms with Crippen molar-refractivity contribution < 1.29 is 23.9 Å². The highest BCUT2D eigenvalue weighted by atomic mass is 79.9. The fraction of sp³-hybridized carbons (Fsp3) is 0.318. The highest BCUT2D eigenvalue weighted by Crippen LogP contribution is 2.45. The van der Waals surface area contributed by atoms with Crippen LogP contribution in [0, 0.1) is 11.8 Å². The first-order chi connectivity index (χ1) is 13.5. The normalized spacial score (nSPS) is 19.3. The number of hydrogen-bond donors (Lipinski definition) is 0. The van der Waals surface area contributed by atoms with Crippen molar-refractivity contribution in [2.45, 2.75) is 26.2 Å². The Morgan fingerprint density at radius 2 is 1.86 bits per heavy atom. The molecular formula is C22H21BrO5. The summed E-state index contributed by atoms with van der Waals surface area (Å²) in [6.45, 7) is 3.70. The maximum absolute atomic E-state index is 13.3. The second-order valence-electron chi connectivity index (χ2n) is 6.60. The number of rotatable bonds is 6. The Labute approximate surface area is 172 Å². The van der Waals surface area contributed by atoms with E-state index in [0.29, 0.717) is 23.3 Å². The molecular weight excluding hydrogens is 424 g/mol. The molecule has 1 heterocycles. The molecule has 2 aromatic rings. The van der Waals surface area contributed by atoms with Gasteiger partial charge in [0.2, 0.25) is 0 Å². The van der Waals surface area contributed by atoms with E-state index in [9.17, 15) is 14.4 Å². The zero-order valence-corrected chi connectivity index (χ0v) is 17.3. The summed E-state index contributed by atoms with van der Waals surface area (Å²) in [5, 5.41) is 0. The first kappa shape index (κ1) is 20.3. The summed E-state index contributed by atoms with van der Waals surface area (Å²) >= 11 is 3.43. The third kappa shape index (κ3) is 3.87. The van der Waals surface area contributed by atoms with E-state index in [0.717, 1.165) is 4.47 Å². The number of fused-ring (bicyclic) bond motifs is 1. The Morgan fingerprint density at radius 1 is 1.14 bits per heavy atom. The zero-order chi connectivity index (χ0) is 20.3. The number of ketones is 1. The highest BCUT2D eigenvalue weighted by molar-refractivity contribution is 9.10. The fourth-order valence-corrected chi connectivity index (χ4v) is 4.09. The van der Waals surface area contributed by atoms with Crippen molar-refractivity contribution in [1.29, 1.82) is 0 Å². The maximum Gasteiger partial charge on any atom is 0.326 e. The molecule has 0 N–H and O–H groups in total. The lowest BCUT2D eigenvalue weighted by Gasteiger charge is -2.35. The van der Waals surface area contributed by atoms with E-state index in [1.165, 1.54) is 0 Å². The standard InChI is InChI=1S/C22H21BrO5/c1-3-15(20(24)13-8-6-5-7-9-13)18-16-12-14(23)10-11-17(16)28-22(26)19(18)21(25)27-4-2/h5-12,15,18-19H,3-4H2,1-2H3/t15-,18-,19-/m0/s1. The van der Waals surface area contributed by atoms with Gasteiger partial charge in [0.1, 0.15) is 5.75 Å². The summed E-state index contributed by atoms with van der Waals surface area (Å²) in [5.74, 6) is -3.50. The second kappa shape index (κ2) is 8.69. The largest absolute Gasteiger partial charge is 0.465 e. The van der Waals surface area contributed by atoms with Gasteiger partial charge in [0.25, 0.3) is 0 Å². The molecule has 3 rings (SSSR count). The summed E-state index contributed by atoms with van der Waals surface area (Å²) in [6.07, 6.45) is 0.466. The quantitative estimate of drug-likeness (QED) is 0.283. The van der Waals surface area contributed by atoms with E-state index in [1.807, 2.05) is 13.0 Å². The van der Waals surface area contributed by atoms with E-state index in [4.69, 9.17) is 9.47 Å². The lowest BCUT2D eigenvalue weighted by atomic mass is 9.71. The number of benzene rings is 2. The van der Waals surface area contributed by atoms with Gasteiger partial charge >= 0.3 is 11.9 Å². The van der Waals surface area contributed by atoms with Gasteiger partial charge in [-0.15, -0.1) is 0 Å². The molecule has 0 aliphatic carbocycles. The second-order valence-corrected chi connectivity index (χ2v) is 7.52. The zero-order valence-electron chi connectivity index (χ0n) is 15.7. The molecule has 6 heteroatoms. The Balaban J connectivity index is 2.13. The third-order valence-electron chi connectivity index (χ3n) is 4.96. The number of esters is 2. The molecule has 0 aromatic heterocycles. The van der Waals surface area contributed by atoms with E-state index < -0.39 is 29.7 Å². The first-order valence-corrected chi connectivity index (χ1v) is 10.0. The SMILES string of the molecule is CCOC(=O)[C@H]1C(=O)Oc2ccc(Br)cc2[C@@H]1[C@H](CC)C(=O)c1ccccc1. The molecule has 0 saturated carbocycles. The van der Waals surface area contributed by atoms with Crippen LogP contribution in [0.4, 0.5) is 0 Å². The minimum atomic E-state index is -1.18. The average molecular weight is 445 g/mol. The number of carbonyl (C=O) groups is 3. The molecule has 146 valence electrons. The van der Waals surface area contributed by atoms with E-state index in [-0.39, 0.29) is 12.4 Å². The van der Waals surface area contributed by atoms with Crippen LogP contribution in [0.1, 0.15) is 42.1 Å². The van der Waals surface area contributed by atoms with Crippen LogP contribution in [0.5, 0.6) is 5.75 Å². The molecule has 0 unspecified atom stereocenters. The molecule has 5 nitrogen and oxygen atoms in total. The maximum atomic E-state index is 13.3. The van der Waals surface area contributed by atoms with Crippen molar-refractivity contribution in [3.8, 4) is 5.75 Å². The number of halogens is 1. The van der Waals surface area contributed by atoms with Crippen LogP contribution in [-0.2, 0) is 14.3 Å². The first-order valence-electron chi connectivity index (χ1n) is 9.24. The van der Waals surface area contributed by atoms with Crippen LogP contribution >= 0.6 is 15.9 Å². The minimum Gasteiger partial charge on any atom is -0.465 e. The predicted octanol–water partition coefficient (Wildman–Crippen LogP) is 4.54. The molecule has 2 aromatic carbocycles. The summed E-state index contributed by atoms with van der Waals surface area (Å²) in [7, 11) is 0. The molecule has 0 amide bonds.